The van der Waals surface area contributed by atoms with Gasteiger partial charge in [0.1, 0.15) is 5.60 Å². The van der Waals surface area contributed by atoms with Crippen LogP contribution in [0.1, 0.15) is 20.8 Å². The van der Waals surface area contributed by atoms with Crippen molar-refractivity contribution < 1.29 is 43.9 Å². The normalized spacial score (nSPS) is 10.0. The van der Waals surface area contributed by atoms with E-state index in [1.807, 2.05) is 0 Å². The molecule has 0 aromatic rings. The molecule has 0 radical (unpaired) electrons. The van der Waals surface area contributed by atoms with Gasteiger partial charge in [-0.3, -0.25) is 0 Å². The zero-order valence-corrected chi connectivity index (χ0v) is 11.4. The Bertz CT molecular complexity index is 213. The number of ether oxygens (including phenoxy) is 1. The molecule has 0 fully saturated rings. The van der Waals surface area contributed by atoms with Gasteiger partial charge in [0.05, 0.1) is 12.5 Å². The van der Waals surface area contributed by atoms with Gasteiger partial charge in [0.15, 0.2) is 0 Å². The van der Waals surface area contributed by atoms with E-state index in [4.69, 9.17) is 10.5 Å². The first-order valence-corrected chi connectivity index (χ1v) is 3.91. The van der Waals surface area contributed by atoms with Gasteiger partial charge in [-0.15, -0.1) is 0 Å². The maximum atomic E-state index is 11.2. The molecule has 0 saturated carbocycles. The van der Waals surface area contributed by atoms with Gasteiger partial charge in [-0.25, -0.2) is 4.79 Å². The van der Waals surface area contributed by atoms with Crippen LogP contribution in [-0.4, -0.2) is 36.1 Å². The van der Waals surface area contributed by atoms with Crippen LogP contribution in [0.5, 0.6) is 0 Å². The number of amides is 2. The molecule has 0 aliphatic carbocycles. The second-order valence-corrected chi connectivity index (χ2v) is 3.76. The average molecular weight is 210 g/mol. The molecular formula is C8H15N2NaO3. The Balaban J connectivity index is 0. The molecule has 0 rings (SSSR count). The molecule has 0 bridgehead atoms. The van der Waals surface area contributed by atoms with Crippen LogP contribution in [0.4, 0.5) is 4.79 Å². The Morgan fingerprint density at radius 3 is 2.07 bits per heavy atom. The Kier molecular flexibility index (Phi) is 7.24. The summed E-state index contributed by atoms with van der Waals surface area (Å²) in [6, 6.07) is 0. The Labute approximate surface area is 106 Å². The minimum absolute atomic E-state index is 0. The molecule has 0 unspecified atom stereocenters. The van der Waals surface area contributed by atoms with Crippen LogP contribution >= 0.6 is 0 Å². The summed E-state index contributed by atoms with van der Waals surface area (Å²) >= 11 is 0. The zero-order valence-electron chi connectivity index (χ0n) is 9.38. The van der Waals surface area contributed by atoms with Crippen molar-refractivity contribution in [2.45, 2.75) is 26.4 Å². The first-order valence-electron chi connectivity index (χ1n) is 3.91. The average Bonchev–Trinajstić information content (AvgIpc) is 1.81. The number of nitrogens with one attached hydrogen (secondary N) is 1. The van der Waals surface area contributed by atoms with E-state index in [0.717, 1.165) is 4.90 Å². The molecule has 14 heavy (non-hydrogen) atoms. The standard InChI is InChI=1S/C8H16N2O3.Na/c1-8(2,3)13-7(12)10(4)5-6(9)11;/h5H2,1-4H3,(H2,9,11);/q;+1/p-1. The van der Waals surface area contributed by atoms with Gasteiger partial charge in [-0.1, -0.05) is 0 Å². The first kappa shape index (κ1) is 16.2. The third-order valence-corrected chi connectivity index (χ3v) is 1.09. The summed E-state index contributed by atoms with van der Waals surface area (Å²) in [4.78, 5) is 22.6. The van der Waals surface area contributed by atoms with Crippen LogP contribution in [0.25, 0.3) is 5.73 Å². The summed E-state index contributed by atoms with van der Waals surface area (Å²) in [5.41, 5.74) is 6.07. The summed E-state index contributed by atoms with van der Waals surface area (Å²) in [5.74, 6) is -0.812. The molecule has 0 aromatic heterocycles. The SMILES string of the molecule is CN(CC([NH-])=O)C(=O)OC(C)(C)C.[Na+]. The zero-order chi connectivity index (χ0) is 10.6. The van der Waals surface area contributed by atoms with Gasteiger partial charge in [0, 0.05) is 7.05 Å². The number of hydrogen-bond donors (Lipinski definition) is 0. The van der Waals surface area contributed by atoms with E-state index in [1.54, 1.807) is 20.8 Å². The van der Waals surface area contributed by atoms with E-state index >= 15 is 0 Å². The molecular weight excluding hydrogens is 195 g/mol. The van der Waals surface area contributed by atoms with Crippen LogP contribution < -0.4 is 29.6 Å². The number of hydrogen-bond acceptors (Lipinski definition) is 3. The topological polar surface area (TPSA) is 70.4 Å². The van der Waals surface area contributed by atoms with E-state index in [9.17, 15) is 9.59 Å². The Morgan fingerprint density at radius 1 is 1.36 bits per heavy atom. The fourth-order valence-electron chi connectivity index (χ4n) is 0.620. The summed E-state index contributed by atoms with van der Waals surface area (Å²) < 4.78 is 4.95. The molecule has 76 valence electrons. The second-order valence-electron chi connectivity index (χ2n) is 3.76. The molecule has 1 N–H and O–H groups in total. The minimum Gasteiger partial charge on any atom is -0.666 e. The van der Waals surface area contributed by atoms with Gasteiger partial charge in [0.25, 0.3) is 0 Å². The molecule has 0 heterocycles. The van der Waals surface area contributed by atoms with Crippen LogP contribution in [0, 0.1) is 0 Å². The molecule has 0 aliphatic heterocycles. The van der Waals surface area contributed by atoms with E-state index in [2.05, 4.69) is 0 Å². The summed E-state index contributed by atoms with van der Waals surface area (Å²) in [6.45, 7) is 4.97. The van der Waals surface area contributed by atoms with Gasteiger partial charge in [0.2, 0.25) is 0 Å². The van der Waals surface area contributed by atoms with Crippen molar-refractivity contribution in [3.63, 3.8) is 0 Å². The molecule has 2 amide bonds. The molecule has 0 aromatic carbocycles. The largest absolute Gasteiger partial charge is 1.00 e. The van der Waals surface area contributed by atoms with Gasteiger partial charge in [-0.05, 0) is 20.8 Å². The van der Waals surface area contributed by atoms with Crippen molar-refractivity contribution in [2.75, 3.05) is 13.6 Å². The Morgan fingerprint density at radius 2 is 1.79 bits per heavy atom. The maximum Gasteiger partial charge on any atom is 1.00 e. The molecule has 0 saturated heterocycles. The van der Waals surface area contributed by atoms with Crippen molar-refractivity contribution in [1.82, 2.24) is 4.90 Å². The van der Waals surface area contributed by atoms with E-state index in [1.165, 1.54) is 7.05 Å². The number of carbonyl (C=O) groups excluding carboxylic acids is 2. The third kappa shape index (κ3) is 8.34. The molecule has 5 nitrogen and oxygen atoms in total. The predicted molar refractivity (Wildman–Crippen MR) is 48.2 cm³/mol. The van der Waals surface area contributed by atoms with Crippen molar-refractivity contribution in [2.24, 2.45) is 0 Å². The van der Waals surface area contributed by atoms with E-state index in [0.29, 0.717) is 0 Å². The summed E-state index contributed by atoms with van der Waals surface area (Å²) in [5, 5.41) is 0. The minimum atomic E-state index is -0.812. The summed E-state index contributed by atoms with van der Waals surface area (Å²) in [7, 11) is 1.42. The molecule has 6 heteroatoms. The van der Waals surface area contributed by atoms with Crippen molar-refractivity contribution in [3.05, 3.63) is 5.73 Å². The monoisotopic (exact) mass is 210 g/mol. The van der Waals surface area contributed by atoms with Crippen molar-refractivity contribution in [3.8, 4) is 0 Å². The van der Waals surface area contributed by atoms with Crippen molar-refractivity contribution >= 4 is 12.0 Å². The predicted octanol–water partition coefficient (Wildman–Crippen LogP) is -1.56. The summed E-state index contributed by atoms with van der Waals surface area (Å²) in [6.07, 6.45) is -0.590. The maximum absolute atomic E-state index is 11.2. The van der Waals surface area contributed by atoms with Crippen molar-refractivity contribution in [1.29, 1.82) is 0 Å². The van der Waals surface area contributed by atoms with Gasteiger partial charge >= 0.3 is 35.7 Å². The molecule has 0 aliphatic rings. The third-order valence-electron chi connectivity index (χ3n) is 1.09. The first-order chi connectivity index (χ1) is 5.72. The van der Waals surface area contributed by atoms with Crippen LogP contribution in [0.15, 0.2) is 0 Å². The fourth-order valence-corrected chi connectivity index (χ4v) is 0.620. The van der Waals surface area contributed by atoms with Crippen LogP contribution in [-0.2, 0) is 9.53 Å². The van der Waals surface area contributed by atoms with E-state index < -0.39 is 17.6 Å². The second kappa shape index (κ2) is 6.27. The number of nitrogens with zero attached hydrogens (tertiary/aromatic N) is 1. The fraction of sp³-hybridized carbons (Fsp3) is 0.750. The number of likely N-dealkylation sites (N-methyl/N-ethyl adjacent to an activating group) is 1. The molecule has 0 atom stereocenters. The Hall–Kier alpha value is -0.260. The molecule has 0 spiro atoms. The van der Waals surface area contributed by atoms with Crippen LogP contribution in [0.3, 0.4) is 0 Å². The van der Waals surface area contributed by atoms with Gasteiger partial charge < -0.3 is 20.2 Å². The van der Waals surface area contributed by atoms with Crippen LogP contribution in [0.2, 0.25) is 0 Å². The van der Waals surface area contributed by atoms with Gasteiger partial charge in [-0.2, -0.15) is 0 Å². The number of rotatable bonds is 2. The smallest absolute Gasteiger partial charge is 0.666 e. The van der Waals surface area contributed by atoms with E-state index in [-0.39, 0.29) is 36.1 Å². The quantitative estimate of drug-likeness (QED) is 0.517. The number of carbonyl (C=O) groups is 2.